The van der Waals surface area contributed by atoms with Crippen LogP contribution in [0.15, 0.2) is 61.1 Å². The van der Waals surface area contributed by atoms with Gasteiger partial charge in [-0.25, -0.2) is 9.07 Å². The molecule has 0 spiro atoms. The number of alkyl halides is 6. The van der Waals surface area contributed by atoms with E-state index >= 15 is 0 Å². The lowest BCUT2D eigenvalue weighted by Gasteiger charge is -2.14. The zero-order chi connectivity index (χ0) is 24.7. The number of fused-ring (bicyclic) bond motifs is 1. The predicted molar refractivity (Wildman–Crippen MR) is 106 cm³/mol. The number of amides is 1. The number of carbonyl (C=O) groups excluding carboxylic acids is 1. The summed E-state index contributed by atoms with van der Waals surface area (Å²) in [5.41, 5.74) is -2.45. The molecule has 4 rings (SSSR count). The minimum atomic E-state index is -5.00. The van der Waals surface area contributed by atoms with E-state index in [2.05, 4.69) is 15.4 Å². The number of aromatic nitrogens is 3. The molecule has 5 nitrogen and oxygen atoms in total. The molecule has 0 bridgehead atoms. The second-order valence-corrected chi connectivity index (χ2v) is 7.25. The number of carbonyl (C=O) groups is 1. The summed E-state index contributed by atoms with van der Waals surface area (Å²) in [4.78, 5) is 16.7. The maximum atomic E-state index is 13.2. The zero-order valence-corrected chi connectivity index (χ0v) is 16.9. The highest BCUT2D eigenvalue weighted by molar-refractivity contribution is 6.05. The normalized spacial score (nSPS) is 12.2. The van der Waals surface area contributed by atoms with Crippen molar-refractivity contribution in [2.24, 2.45) is 0 Å². The fourth-order valence-corrected chi connectivity index (χ4v) is 3.31. The second-order valence-electron chi connectivity index (χ2n) is 7.25. The largest absolute Gasteiger partial charge is 0.416 e. The van der Waals surface area contributed by atoms with Gasteiger partial charge in [-0.05, 0) is 48.0 Å². The summed E-state index contributed by atoms with van der Waals surface area (Å²) in [6.07, 6.45) is -6.04. The standard InChI is InChI=1S/C22H13F7N4O/c23-15-1-3-16(4-2-15)33-19-11-30-9-18(17(19)10-32-33)20(34)31-8-12-5-13(21(24,25)26)7-14(6-12)22(27,28)29/h1-7,9-11H,8H2,(H,31,34). The number of nitrogens with zero attached hydrogens (tertiary/aromatic N) is 3. The molecule has 2 heterocycles. The molecule has 2 aromatic carbocycles. The number of nitrogens with one attached hydrogen (secondary N) is 1. The Morgan fingerprint density at radius 1 is 0.882 bits per heavy atom. The summed E-state index contributed by atoms with van der Waals surface area (Å²) in [6, 6.07) is 6.46. The van der Waals surface area contributed by atoms with E-state index in [-0.39, 0.29) is 17.2 Å². The van der Waals surface area contributed by atoms with Crippen molar-refractivity contribution in [1.82, 2.24) is 20.1 Å². The van der Waals surface area contributed by atoms with E-state index in [4.69, 9.17) is 0 Å². The Balaban J connectivity index is 1.62. The van der Waals surface area contributed by atoms with Crippen molar-refractivity contribution in [2.45, 2.75) is 18.9 Å². The average molecular weight is 482 g/mol. The quantitative estimate of drug-likeness (QED) is 0.390. The fourth-order valence-electron chi connectivity index (χ4n) is 3.31. The first-order valence-corrected chi connectivity index (χ1v) is 9.58. The number of hydrogen-bond acceptors (Lipinski definition) is 3. The van der Waals surface area contributed by atoms with Crippen LogP contribution in [0, 0.1) is 5.82 Å². The molecular weight excluding hydrogens is 469 g/mol. The number of benzene rings is 2. The average Bonchev–Trinajstić information content (AvgIpc) is 3.21. The fraction of sp³-hybridized carbons (Fsp3) is 0.136. The molecule has 0 saturated heterocycles. The SMILES string of the molecule is O=C(NCc1cc(C(F)(F)F)cc(C(F)(F)F)c1)c1cncc2c1cnn2-c1ccc(F)cc1. The van der Waals surface area contributed by atoms with Crippen molar-refractivity contribution in [3.63, 3.8) is 0 Å². The highest BCUT2D eigenvalue weighted by Gasteiger charge is 2.36. The van der Waals surface area contributed by atoms with Gasteiger partial charge in [0, 0.05) is 18.1 Å². The molecule has 4 aromatic rings. The van der Waals surface area contributed by atoms with E-state index in [9.17, 15) is 35.5 Å². The van der Waals surface area contributed by atoms with Crippen molar-refractivity contribution < 1.29 is 35.5 Å². The van der Waals surface area contributed by atoms with Crippen LogP contribution < -0.4 is 5.32 Å². The van der Waals surface area contributed by atoms with Gasteiger partial charge in [-0.3, -0.25) is 9.78 Å². The molecule has 0 aliphatic carbocycles. The lowest BCUT2D eigenvalue weighted by Crippen LogP contribution is -2.24. The van der Waals surface area contributed by atoms with Crippen LogP contribution in [-0.2, 0) is 18.9 Å². The molecule has 0 radical (unpaired) electrons. The Morgan fingerprint density at radius 2 is 1.50 bits per heavy atom. The lowest BCUT2D eigenvalue weighted by atomic mass is 10.0. The second kappa shape index (κ2) is 8.43. The highest BCUT2D eigenvalue weighted by atomic mass is 19.4. The third-order valence-corrected chi connectivity index (χ3v) is 4.91. The van der Waals surface area contributed by atoms with Crippen molar-refractivity contribution in [3.8, 4) is 5.69 Å². The van der Waals surface area contributed by atoms with Gasteiger partial charge in [0.25, 0.3) is 5.91 Å². The van der Waals surface area contributed by atoms with Crippen LogP contribution in [0.1, 0.15) is 27.0 Å². The summed E-state index contributed by atoms with van der Waals surface area (Å²) >= 11 is 0. The predicted octanol–water partition coefficient (Wildman–Crippen LogP) is 5.53. The number of pyridine rings is 1. The van der Waals surface area contributed by atoms with Gasteiger partial charge >= 0.3 is 12.4 Å². The summed E-state index contributed by atoms with van der Waals surface area (Å²) in [6.45, 7) is -0.589. The Labute approximate surface area is 186 Å². The number of hydrogen-bond donors (Lipinski definition) is 1. The third-order valence-electron chi connectivity index (χ3n) is 4.91. The van der Waals surface area contributed by atoms with Gasteiger partial charge in [-0.15, -0.1) is 0 Å². The highest BCUT2D eigenvalue weighted by Crippen LogP contribution is 2.36. The van der Waals surface area contributed by atoms with Crippen LogP contribution in [0.5, 0.6) is 0 Å². The smallest absolute Gasteiger partial charge is 0.348 e. The molecule has 0 aliphatic heterocycles. The molecule has 0 atom stereocenters. The maximum absolute atomic E-state index is 13.2. The molecule has 0 saturated carbocycles. The Morgan fingerprint density at radius 3 is 2.09 bits per heavy atom. The van der Waals surface area contributed by atoms with Gasteiger partial charge in [-0.1, -0.05) is 0 Å². The number of halogens is 7. The summed E-state index contributed by atoms with van der Waals surface area (Å²) in [7, 11) is 0. The van der Waals surface area contributed by atoms with Crippen LogP contribution >= 0.6 is 0 Å². The van der Waals surface area contributed by atoms with Gasteiger partial charge in [0.15, 0.2) is 0 Å². The van der Waals surface area contributed by atoms with E-state index in [1.165, 1.54) is 47.5 Å². The Hall–Kier alpha value is -3.96. The first kappa shape index (κ1) is 23.2. The molecular formula is C22H13F7N4O. The van der Waals surface area contributed by atoms with Crippen LogP contribution in [0.2, 0.25) is 0 Å². The van der Waals surface area contributed by atoms with Gasteiger partial charge in [0.2, 0.25) is 0 Å². The van der Waals surface area contributed by atoms with Crippen LogP contribution in [0.25, 0.3) is 16.6 Å². The van der Waals surface area contributed by atoms with Gasteiger partial charge in [0.05, 0.1) is 40.3 Å². The van der Waals surface area contributed by atoms with E-state index in [0.29, 0.717) is 28.7 Å². The lowest BCUT2D eigenvalue weighted by molar-refractivity contribution is -0.143. The minimum absolute atomic E-state index is 0.00822. The molecule has 0 fully saturated rings. The Kier molecular flexibility index (Phi) is 5.75. The van der Waals surface area contributed by atoms with E-state index in [1.807, 2.05) is 0 Å². The van der Waals surface area contributed by atoms with Crippen molar-refractivity contribution in [2.75, 3.05) is 0 Å². The molecule has 2 aromatic heterocycles. The van der Waals surface area contributed by atoms with Crippen molar-refractivity contribution >= 4 is 16.8 Å². The van der Waals surface area contributed by atoms with Crippen LogP contribution in [-0.4, -0.2) is 20.7 Å². The molecule has 0 aliphatic rings. The monoisotopic (exact) mass is 482 g/mol. The number of rotatable bonds is 4. The summed E-state index contributed by atoms with van der Waals surface area (Å²) in [5.74, 6) is -1.23. The molecule has 12 heteroatoms. The van der Waals surface area contributed by atoms with E-state index in [1.54, 1.807) is 0 Å². The molecule has 176 valence electrons. The van der Waals surface area contributed by atoms with E-state index in [0.717, 1.165) is 0 Å². The van der Waals surface area contributed by atoms with Gasteiger partial charge < -0.3 is 5.32 Å². The minimum Gasteiger partial charge on any atom is -0.348 e. The zero-order valence-electron chi connectivity index (χ0n) is 16.9. The first-order valence-electron chi connectivity index (χ1n) is 9.58. The topological polar surface area (TPSA) is 59.8 Å². The molecule has 0 unspecified atom stereocenters. The first-order chi connectivity index (χ1) is 15.9. The van der Waals surface area contributed by atoms with Crippen LogP contribution in [0.4, 0.5) is 30.7 Å². The van der Waals surface area contributed by atoms with Gasteiger partial charge in [0.1, 0.15) is 5.82 Å². The molecule has 1 N–H and O–H groups in total. The van der Waals surface area contributed by atoms with Crippen molar-refractivity contribution in [3.05, 3.63) is 89.1 Å². The summed E-state index contributed by atoms with van der Waals surface area (Å²) < 4.78 is 92.9. The van der Waals surface area contributed by atoms with Gasteiger partial charge in [-0.2, -0.15) is 31.4 Å². The van der Waals surface area contributed by atoms with Crippen molar-refractivity contribution in [1.29, 1.82) is 0 Å². The third kappa shape index (κ3) is 4.70. The maximum Gasteiger partial charge on any atom is 0.416 e. The van der Waals surface area contributed by atoms with E-state index < -0.39 is 41.7 Å². The Bertz CT molecular complexity index is 1330. The summed E-state index contributed by atoms with van der Waals surface area (Å²) in [5, 5.41) is 6.81. The molecule has 1 amide bonds. The molecule has 34 heavy (non-hydrogen) atoms. The van der Waals surface area contributed by atoms with Crippen LogP contribution in [0.3, 0.4) is 0 Å².